The number of rotatable bonds is 6. The molecule has 32 heavy (non-hydrogen) atoms. The van der Waals surface area contributed by atoms with Gasteiger partial charge in [0.05, 0.1) is 15.8 Å². The molecule has 162 valence electrons. The van der Waals surface area contributed by atoms with Gasteiger partial charge in [0, 0.05) is 35.9 Å². The largest absolute Gasteiger partial charge is 0.367 e. The van der Waals surface area contributed by atoms with Crippen LogP contribution >= 0.6 is 11.3 Å². The molecule has 1 unspecified atom stereocenters. The van der Waals surface area contributed by atoms with E-state index in [4.69, 9.17) is 21.4 Å². The third-order valence-electron chi connectivity index (χ3n) is 4.75. The van der Waals surface area contributed by atoms with Gasteiger partial charge in [-0.3, -0.25) is 4.98 Å². The van der Waals surface area contributed by atoms with E-state index in [2.05, 4.69) is 34.3 Å². The number of nitrogens with zero attached hydrogens (tertiary/aromatic N) is 3. The van der Waals surface area contributed by atoms with Gasteiger partial charge >= 0.3 is 0 Å². The molecule has 0 spiro atoms. The van der Waals surface area contributed by atoms with Crippen LogP contribution in [0.5, 0.6) is 0 Å². The molecule has 0 bridgehead atoms. The minimum absolute atomic E-state index is 0.0518. The average molecular weight is 443 g/mol. The number of benzene rings is 1. The first-order chi connectivity index (χ1) is 15.4. The number of anilines is 1. The summed E-state index contributed by atoms with van der Waals surface area (Å²) in [6, 6.07) is 14.0. The fourth-order valence-corrected chi connectivity index (χ4v) is 4.11. The Balaban J connectivity index is 1.67. The molecular weight excluding hydrogens is 416 g/mol. The molecule has 4 aromatic rings. The van der Waals surface area contributed by atoms with Crippen LogP contribution < -0.4 is 16.8 Å². The molecule has 1 atom stereocenters. The Labute approximate surface area is 192 Å². The molecule has 3 heterocycles. The molecule has 0 aliphatic carbocycles. The van der Waals surface area contributed by atoms with Crippen LogP contribution in [0.1, 0.15) is 25.0 Å². The molecule has 0 aliphatic heterocycles. The maximum Gasteiger partial charge on any atom is 0.162 e. The molecule has 0 amide bonds. The van der Waals surface area contributed by atoms with Crippen LogP contribution in [0.2, 0.25) is 0 Å². The van der Waals surface area contributed by atoms with E-state index in [0.717, 1.165) is 33.6 Å². The number of hydrogen-bond donors (Lipinski definition) is 3. The maximum atomic E-state index is 6.40. The van der Waals surface area contributed by atoms with Crippen molar-refractivity contribution in [2.24, 2.45) is 11.5 Å². The second-order valence-electron chi connectivity index (χ2n) is 8.26. The zero-order chi connectivity index (χ0) is 22.6. The van der Waals surface area contributed by atoms with Crippen LogP contribution in [-0.4, -0.2) is 33.1 Å². The lowest BCUT2D eigenvalue weighted by molar-refractivity contribution is 0.680. The molecule has 7 heteroatoms. The average Bonchev–Trinajstić information content (AvgIpc) is 3.20. The second-order valence-corrected chi connectivity index (χ2v) is 9.14. The summed E-state index contributed by atoms with van der Waals surface area (Å²) < 4.78 is 0.953. The molecule has 4 rings (SSSR count). The predicted octanol–water partition coefficient (Wildman–Crippen LogP) is 3.82. The first kappa shape index (κ1) is 21.9. The third-order valence-corrected chi connectivity index (χ3v) is 5.72. The molecule has 0 saturated carbocycles. The predicted molar refractivity (Wildman–Crippen MR) is 132 cm³/mol. The van der Waals surface area contributed by atoms with Crippen molar-refractivity contribution < 1.29 is 0 Å². The monoisotopic (exact) mass is 442 g/mol. The minimum Gasteiger partial charge on any atom is -0.367 e. The Morgan fingerprint density at radius 1 is 1.09 bits per heavy atom. The Morgan fingerprint density at radius 3 is 2.56 bits per heavy atom. The highest BCUT2D eigenvalue weighted by atomic mass is 32.1. The Morgan fingerprint density at radius 2 is 1.84 bits per heavy atom. The summed E-state index contributed by atoms with van der Waals surface area (Å²) in [6.45, 7) is 4.35. The van der Waals surface area contributed by atoms with Crippen molar-refractivity contribution in [3.63, 3.8) is 0 Å². The van der Waals surface area contributed by atoms with Gasteiger partial charge in [0.25, 0.3) is 0 Å². The first-order valence-corrected chi connectivity index (χ1v) is 11.3. The van der Waals surface area contributed by atoms with E-state index < -0.39 is 5.54 Å². The van der Waals surface area contributed by atoms with Gasteiger partial charge in [0.15, 0.2) is 5.82 Å². The van der Waals surface area contributed by atoms with Crippen molar-refractivity contribution >= 4 is 27.4 Å². The normalized spacial score (nSPS) is 12.2. The van der Waals surface area contributed by atoms with Gasteiger partial charge in [-0.15, -0.1) is 11.3 Å². The maximum absolute atomic E-state index is 6.40. The van der Waals surface area contributed by atoms with Gasteiger partial charge in [-0.25, -0.2) is 9.97 Å². The molecule has 3 aromatic heterocycles. The standard InChI is InChI=1S/C25H26N6S/c1-25(2,27)11-8-19-16-32-22-21(19)30-23(18-9-12-28-13-10-18)31-24(22)29-15-20(26)14-17-6-4-3-5-7-17/h3-7,9-10,12-13,16,20H,14-15,26-27H2,1-2H3,(H,29,30,31). The van der Waals surface area contributed by atoms with Crippen molar-refractivity contribution in [2.45, 2.75) is 31.8 Å². The van der Waals surface area contributed by atoms with Gasteiger partial charge in [-0.05, 0) is 38.0 Å². The summed E-state index contributed by atoms with van der Waals surface area (Å²) in [5.74, 6) is 7.67. The van der Waals surface area contributed by atoms with Crippen LogP contribution in [0, 0.1) is 11.8 Å². The number of nitrogens with two attached hydrogens (primary N) is 2. The van der Waals surface area contributed by atoms with Crippen molar-refractivity contribution in [1.29, 1.82) is 0 Å². The van der Waals surface area contributed by atoms with E-state index in [0.29, 0.717) is 12.4 Å². The van der Waals surface area contributed by atoms with E-state index in [-0.39, 0.29) is 6.04 Å². The summed E-state index contributed by atoms with van der Waals surface area (Å²) >= 11 is 1.57. The zero-order valence-corrected chi connectivity index (χ0v) is 19.0. The van der Waals surface area contributed by atoms with Crippen LogP contribution in [0.4, 0.5) is 5.82 Å². The minimum atomic E-state index is -0.583. The molecule has 6 nitrogen and oxygen atoms in total. The molecule has 0 saturated heterocycles. The summed E-state index contributed by atoms with van der Waals surface area (Å²) in [5.41, 5.74) is 15.6. The lowest BCUT2D eigenvalue weighted by atomic mass is 10.1. The van der Waals surface area contributed by atoms with Gasteiger partial charge in [0.1, 0.15) is 11.3 Å². The van der Waals surface area contributed by atoms with Crippen molar-refractivity contribution in [2.75, 3.05) is 11.9 Å². The second kappa shape index (κ2) is 9.45. The molecule has 1 aromatic carbocycles. The van der Waals surface area contributed by atoms with Gasteiger partial charge in [-0.2, -0.15) is 0 Å². The number of aromatic nitrogens is 3. The van der Waals surface area contributed by atoms with Gasteiger partial charge in [-0.1, -0.05) is 42.2 Å². The van der Waals surface area contributed by atoms with Crippen LogP contribution in [-0.2, 0) is 6.42 Å². The molecule has 5 N–H and O–H groups in total. The van der Waals surface area contributed by atoms with Gasteiger partial charge in [0.2, 0.25) is 0 Å². The van der Waals surface area contributed by atoms with Crippen molar-refractivity contribution in [3.8, 4) is 23.2 Å². The molecule has 0 radical (unpaired) electrons. The number of hydrogen-bond acceptors (Lipinski definition) is 7. The van der Waals surface area contributed by atoms with Crippen LogP contribution in [0.15, 0.2) is 60.2 Å². The number of pyridine rings is 1. The first-order valence-electron chi connectivity index (χ1n) is 10.4. The van der Waals surface area contributed by atoms with Crippen molar-refractivity contribution in [3.05, 3.63) is 71.4 Å². The van der Waals surface area contributed by atoms with E-state index in [1.54, 1.807) is 23.7 Å². The lowest BCUT2D eigenvalue weighted by Crippen LogP contribution is -2.31. The smallest absolute Gasteiger partial charge is 0.162 e. The molecule has 0 aliphatic rings. The summed E-state index contributed by atoms with van der Waals surface area (Å²) in [6.07, 6.45) is 4.25. The third kappa shape index (κ3) is 5.48. The summed E-state index contributed by atoms with van der Waals surface area (Å²) in [4.78, 5) is 13.7. The highest BCUT2D eigenvalue weighted by Crippen LogP contribution is 2.32. The summed E-state index contributed by atoms with van der Waals surface area (Å²) in [5, 5.41) is 5.45. The van der Waals surface area contributed by atoms with E-state index in [1.807, 2.05) is 49.6 Å². The Bertz CT molecular complexity index is 1250. The number of fused-ring (bicyclic) bond motifs is 1. The fourth-order valence-electron chi connectivity index (χ4n) is 3.20. The van der Waals surface area contributed by atoms with Crippen LogP contribution in [0.3, 0.4) is 0 Å². The fraction of sp³-hybridized carbons (Fsp3) is 0.240. The molecule has 0 fully saturated rings. The van der Waals surface area contributed by atoms with E-state index in [9.17, 15) is 0 Å². The van der Waals surface area contributed by atoms with E-state index >= 15 is 0 Å². The highest BCUT2D eigenvalue weighted by molar-refractivity contribution is 7.18. The number of thiophene rings is 1. The SMILES string of the molecule is CC(C)(N)C#Cc1csc2c(NCC(N)Cc3ccccc3)nc(-c3ccncc3)nc12. The van der Waals surface area contributed by atoms with E-state index in [1.165, 1.54) is 5.56 Å². The lowest BCUT2D eigenvalue weighted by Gasteiger charge is -2.14. The number of nitrogens with one attached hydrogen (secondary N) is 1. The molecular formula is C25H26N6S. The Hall–Kier alpha value is -3.31. The van der Waals surface area contributed by atoms with Crippen LogP contribution in [0.25, 0.3) is 21.6 Å². The topological polar surface area (TPSA) is 103 Å². The Kier molecular flexibility index (Phi) is 6.47. The van der Waals surface area contributed by atoms with Crippen molar-refractivity contribution in [1.82, 2.24) is 15.0 Å². The summed E-state index contributed by atoms with van der Waals surface area (Å²) in [7, 11) is 0. The van der Waals surface area contributed by atoms with Gasteiger partial charge < -0.3 is 16.8 Å². The zero-order valence-electron chi connectivity index (χ0n) is 18.2. The highest BCUT2D eigenvalue weighted by Gasteiger charge is 2.15. The quantitative estimate of drug-likeness (QED) is 0.392.